The van der Waals surface area contributed by atoms with E-state index < -0.39 is 0 Å². The SMILES string of the molecule is CN(C)CCOc1ccccc1-c1cc(O)n(-c2ccccc2)n1. The summed E-state index contributed by atoms with van der Waals surface area (Å²) in [6.07, 6.45) is 0. The number of likely N-dealkylation sites (N-methyl/N-ethyl adjacent to an activating group) is 1. The maximum absolute atomic E-state index is 10.2. The Kier molecular flexibility index (Phi) is 4.82. The molecule has 0 amide bonds. The number of rotatable bonds is 6. The van der Waals surface area contributed by atoms with Crippen LogP contribution in [0.5, 0.6) is 11.6 Å². The van der Waals surface area contributed by atoms with Gasteiger partial charge in [0.15, 0.2) is 0 Å². The summed E-state index contributed by atoms with van der Waals surface area (Å²) >= 11 is 0. The van der Waals surface area contributed by atoms with Gasteiger partial charge in [0, 0.05) is 18.2 Å². The molecule has 5 heteroatoms. The third kappa shape index (κ3) is 3.58. The van der Waals surface area contributed by atoms with Crippen molar-refractivity contribution in [2.75, 3.05) is 27.2 Å². The Balaban J connectivity index is 1.90. The first kappa shape index (κ1) is 16.1. The summed E-state index contributed by atoms with van der Waals surface area (Å²) in [6, 6.07) is 18.9. The third-order valence-electron chi connectivity index (χ3n) is 3.65. The highest BCUT2D eigenvalue weighted by atomic mass is 16.5. The van der Waals surface area contributed by atoms with Gasteiger partial charge in [0.1, 0.15) is 18.1 Å². The predicted octanol–water partition coefficient (Wildman–Crippen LogP) is 3.19. The Morgan fingerprint density at radius 3 is 2.50 bits per heavy atom. The topological polar surface area (TPSA) is 50.5 Å². The van der Waals surface area contributed by atoms with E-state index in [0.29, 0.717) is 12.3 Å². The fraction of sp³-hybridized carbons (Fsp3) is 0.211. The molecule has 124 valence electrons. The van der Waals surface area contributed by atoms with E-state index >= 15 is 0 Å². The third-order valence-corrected chi connectivity index (χ3v) is 3.65. The van der Waals surface area contributed by atoms with E-state index in [1.807, 2.05) is 68.7 Å². The Morgan fingerprint density at radius 2 is 1.75 bits per heavy atom. The molecular weight excluding hydrogens is 302 g/mol. The van der Waals surface area contributed by atoms with Gasteiger partial charge in [-0.25, -0.2) is 4.68 Å². The van der Waals surface area contributed by atoms with Crippen molar-refractivity contribution in [1.82, 2.24) is 14.7 Å². The van der Waals surface area contributed by atoms with Gasteiger partial charge in [0.2, 0.25) is 5.88 Å². The number of para-hydroxylation sites is 2. The number of hydrogen-bond acceptors (Lipinski definition) is 4. The van der Waals surface area contributed by atoms with Crippen LogP contribution in [0.2, 0.25) is 0 Å². The van der Waals surface area contributed by atoms with Crippen LogP contribution in [-0.2, 0) is 0 Å². The lowest BCUT2D eigenvalue weighted by Gasteiger charge is -2.13. The minimum atomic E-state index is 0.0966. The first-order chi connectivity index (χ1) is 11.6. The van der Waals surface area contributed by atoms with Crippen LogP contribution in [0.1, 0.15) is 0 Å². The first-order valence-corrected chi connectivity index (χ1v) is 7.86. The molecule has 0 aliphatic rings. The summed E-state index contributed by atoms with van der Waals surface area (Å²) in [6.45, 7) is 1.42. The van der Waals surface area contributed by atoms with Crippen LogP contribution in [0, 0.1) is 0 Å². The molecule has 0 unspecified atom stereocenters. The van der Waals surface area contributed by atoms with Gasteiger partial charge in [-0.05, 0) is 38.4 Å². The number of nitrogens with zero attached hydrogens (tertiary/aromatic N) is 3. The van der Waals surface area contributed by atoms with Crippen molar-refractivity contribution in [3.8, 4) is 28.6 Å². The standard InChI is InChI=1S/C19H21N3O2/c1-21(2)12-13-24-18-11-7-6-10-16(18)17-14-19(23)22(20-17)15-8-4-3-5-9-15/h3-11,14,23H,12-13H2,1-2H3. The van der Waals surface area contributed by atoms with Crippen LogP contribution in [0.4, 0.5) is 0 Å². The second kappa shape index (κ2) is 7.19. The van der Waals surface area contributed by atoms with Gasteiger partial charge >= 0.3 is 0 Å². The fourth-order valence-corrected chi connectivity index (χ4v) is 2.40. The van der Waals surface area contributed by atoms with Crippen molar-refractivity contribution in [2.24, 2.45) is 0 Å². The molecule has 0 spiro atoms. The zero-order valence-electron chi connectivity index (χ0n) is 13.9. The Hall–Kier alpha value is -2.79. The van der Waals surface area contributed by atoms with Crippen LogP contribution in [0.25, 0.3) is 16.9 Å². The number of aromatic nitrogens is 2. The lowest BCUT2D eigenvalue weighted by molar-refractivity contribution is 0.262. The molecule has 0 bridgehead atoms. The van der Waals surface area contributed by atoms with Crippen molar-refractivity contribution in [2.45, 2.75) is 0 Å². The molecule has 0 fully saturated rings. The van der Waals surface area contributed by atoms with Crippen molar-refractivity contribution in [1.29, 1.82) is 0 Å². The van der Waals surface area contributed by atoms with Crippen LogP contribution in [-0.4, -0.2) is 47.0 Å². The maximum atomic E-state index is 10.2. The molecule has 1 N–H and O–H groups in total. The highest BCUT2D eigenvalue weighted by Gasteiger charge is 2.13. The second-order valence-electron chi connectivity index (χ2n) is 5.78. The summed E-state index contributed by atoms with van der Waals surface area (Å²) in [5, 5.41) is 14.8. The van der Waals surface area contributed by atoms with Gasteiger partial charge in [-0.2, -0.15) is 5.10 Å². The molecule has 1 heterocycles. The van der Waals surface area contributed by atoms with Gasteiger partial charge in [0.05, 0.1) is 5.69 Å². The molecular formula is C19H21N3O2. The fourth-order valence-electron chi connectivity index (χ4n) is 2.40. The van der Waals surface area contributed by atoms with E-state index in [9.17, 15) is 5.11 Å². The van der Waals surface area contributed by atoms with Crippen LogP contribution in [0.15, 0.2) is 60.7 Å². The first-order valence-electron chi connectivity index (χ1n) is 7.86. The zero-order chi connectivity index (χ0) is 16.9. The molecule has 0 aliphatic carbocycles. The Labute approximate surface area is 141 Å². The summed E-state index contributed by atoms with van der Waals surface area (Å²) in [7, 11) is 4.02. The van der Waals surface area contributed by atoms with E-state index in [1.165, 1.54) is 4.68 Å². The van der Waals surface area contributed by atoms with Gasteiger partial charge in [-0.3, -0.25) is 0 Å². The number of aromatic hydroxyl groups is 1. The monoisotopic (exact) mass is 323 g/mol. The predicted molar refractivity (Wildman–Crippen MR) is 94.7 cm³/mol. The van der Waals surface area contributed by atoms with Crippen molar-refractivity contribution in [3.63, 3.8) is 0 Å². The van der Waals surface area contributed by atoms with Crippen molar-refractivity contribution < 1.29 is 9.84 Å². The zero-order valence-corrected chi connectivity index (χ0v) is 13.9. The molecule has 0 saturated heterocycles. The van der Waals surface area contributed by atoms with E-state index in [2.05, 4.69) is 10.00 Å². The van der Waals surface area contributed by atoms with E-state index in [1.54, 1.807) is 6.07 Å². The lowest BCUT2D eigenvalue weighted by Crippen LogP contribution is -2.19. The van der Waals surface area contributed by atoms with E-state index in [-0.39, 0.29) is 5.88 Å². The minimum Gasteiger partial charge on any atom is -0.493 e. The molecule has 1 aromatic heterocycles. The smallest absolute Gasteiger partial charge is 0.214 e. The van der Waals surface area contributed by atoms with Gasteiger partial charge in [-0.15, -0.1) is 0 Å². The Morgan fingerprint density at radius 1 is 1.04 bits per heavy atom. The molecule has 0 aliphatic heterocycles. The van der Waals surface area contributed by atoms with Crippen LogP contribution >= 0.6 is 0 Å². The molecule has 2 aromatic carbocycles. The lowest BCUT2D eigenvalue weighted by atomic mass is 10.1. The number of benzene rings is 2. The summed E-state index contributed by atoms with van der Waals surface area (Å²) < 4.78 is 7.40. The van der Waals surface area contributed by atoms with Crippen molar-refractivity contribution >= 4 is 0 Å². The van der Waals surface area contributed by atoms with Crippen LogP contribution < -0.4 is 4.74 Å². The molecule has 5 nitrogen and oxygen atoms in total. The average molecular weight is 323 g/mol. The summed E-state index contributed by atoms with van der Waals surface area (Å²) in [5.74, 6) is 0.858. The second-order valence-corrected chi connectivity index (χ2v) is 5.78. The van der Waals surface area contributed by atoms with Gasteiger partial charge < -0.3 is 14.7 Å². The summed E-state index contributed by atoms with van der Waals surface area (Å²) in [4.78, 5) is 2.07. The number of ether oxygens (including phenoxy) is 1. The maximum Gasteiger partial charge on any atom is 0.214 e. The quantitative estimate of drug-likeness (QED) is 0.757. The normalized spacial score (nSPS) is 11.0. The largest absolute Gasteiger partial charge is 0.493 e. The molecule has 0 saturated carbocycles. The molecule has 0 radical (unpaired) electrons. The van der Waals surface area contributed by atoms with Crippen molar-refractivity contribution in [3.05, 3.63) is 60.7 Å². The highest BCUT2D eigenvalue weighted by molar-refractivity contribution is 5.68. The Bertz CT molecular complexity index is 797. The minimum absolute atomic E-state index is 0.0966. The summed E-state index contributed by atoms with van der Waals surface area (Å²) in [5.41, 5.74) is 2.35. The molecule has 24 heavy (non-hydrogen) atoms. The highest BCUT2D eigenvalue weighted by Crippen LogP contribution is 2.32. The van der Waals surface area contributed by atoms with Crippen LogP contribution in [0.3, 0.4) is 0 Å². The molecule has 3 rings (SSSR count). The number of hydrogen-bond donors (Lipinski definition) is 1. The average Bonchev–Trinajstić information content (AvgIpc) is 2.97. The van der Waals surface area contributed by atoms with E-state index in [0.717, 1.165) is 23.5 Å². The van der Waals surface area contributed by atoms with E-state index in [4.69, 9.17) is 4.74 Å². The van der Waals surface area contributed by atoms with Gasteiger partial charge in [0.25, 0.3) is 0 Å². The molecule has 3 aromatic rings. The van der Waals surface area contributed by atoms with Gasteiger partial charge in [-0.1, -0.05) is 30.3 Å². The molecule has 0 atom stereocenters.